The molecule has 2 heteroatoms. The summed E-state index contributed by atoms with van der Waals surface area (Å²) in [6.45, 7) is 12.4. The summed E-state index contributed by atoms with van der Waals surface area (Å²) in [5, 5.41) is 4.97. The van der Waals surface area contributed by atoms with Crippen molar-refractivity contribution in [2.75, 3.05) is 0 Å². The number of hydrogen-bond acceptors (Lipinski definition) is 2. The highest BCUT2D eigenvalue weighted by atomic mass is 16.5. The predicted molar refractivity (Wildman–Crippen MR) is 153 cm³/mol. The fraction of sp³-hybridized carbons (Fsp3) is 0.235. The third-order valence-corrected chi connectivity index (χ3v) is 6.07. The molecule has 182 valence electrons. The molecule has 0 heterocycles. The first-order valence-corrected chi connectivity index (χ1v) is 12.6. The van der Waals surface area contributed by atoms with Gasteiger partial charge in [0.05, 0.1) is 0 Å². The molecule has 0 amide bonds. The summed E-state index contributed by atoms with van der Waals surface area (Å²) in [4.78, 5) is 0. The van der Waals surface area contributed by atoms with Gasteiger partial charge in [-0.2, -0.15) is 0 Å². The Morgan fingerprint density at radius 3 is 0.917 bits per heavy atom. The molecule has 0 bridgehead atoms. The van der Waals surface area contributed by atoms with Crippen LogP contribution in [0, 0.1) is 0 Å². The Balaban J connectivity index is 1.70. The van der Waals surface area contributed by atoms with Crippen molar-refractivity contribution in [1.82, 2.24) is 0 Å². The van der Waals surface area contributed by atoms with Crippen molar-refractivity contribution in [1.29, 1.82) is 0 Å². The van der Waals surface area contributed by atoms with Crippen LogP contribution in [-0.2, 0) is 0 Å². The normalized spacial score (nSPS) is 12.2. The molecule has 5 rings (SSSR count). The monoisotopic (exact) mass is 474 g/mol. The van der Waals surface area contributed by atoms with Gasteiger partial charge in [0.15, 0.2) is 0 Å². The molecule has 5 aromatic rings. The SMILES string of the molecule is CC(C)(C)Oc1ccc(-c2c3ccccc3c(-c3ccc(OC(C)(C)C)cc3)c3ccccc23)cc1. The number of rotatable bonds is 4. The Labute approximate surface area is 214 Å². The van der Waals surface area contributed by atoms with E-state index in [0.29, 0.717) is 0 Å². The van der Waals surface area contributed by atoms with Crippen LogP contribution in [0.4, 0.5) is 0 Å². The van der Waals surface area contributed by atoms with Crippen LogP contribution in [0.5, 0.6) is 11.5 Å². The Bertz CT molecular complexity index is 1340. The fourth-order valence-electron chi connectivity index (χ4n) is 4.84. The molecule has 0 aliphatic carbocycles. The third kappa shape index (κ3) is 4.95. The second kappa shape index (κ2) is 9.02. The average Bonchev–Trinajstić information content (AvgIpc) is 2.82. The van der Waals surface area contributed by atoms with Crippen LogP contribution in [0.2, 0.25) is 0 Å². The molecule has 0 aromatic heterocycles. The van der Waals surface area contributed by atoms with Gasteiger partial charge in [0, 0.05) is 0 Å². The average molecular weight is 475 g/mol. The van der Waals surface area contributed by atoms with E-state index in [1.54, 1.807) is 0 Å². The second-order valence-corrected chi connectivity index (χ2v) is 11.3. The van der Waals surface area contributed by atoms with Gasteiger partial charge in [-0.3, -0.25) is 0 Å². The first-order valence-electron chi connectivity index (χ1n) is 12.6. The third-order valence-electron chi connectivity index (χ3n) is 6.07. The maximum atomic E-state index is 6.07. The quantitative estimate of drug-likeness (QED) is 0.241. The van der Waals surface area contributed by atoms with E-state index in [1.807, 2.05) is 0 Å². The molecule has 0 spiro atoms. The van der Waals surface area contributed by atoms with E-state index in [0.717, 1.165) is 11.5 Å². The van der Waals surface area contributed by atoms with Gasteiger partial charge in [-0.1, -0.05) is 72.8 Å². The molecule has 0 atom stereocenters. The molecule has 36 heavy (non-hydrogen) atoms. The van der Waals surface area contributed by atoms with Gasteiger partial charge in [0.25, 0.3) is 0 Å². The zero-order valence-electron chi connectivity index (χ0n) is 22.1. The van der Waals surface area contributed by atoms with Gasteiger partial charge in [-0.25, -0.2) is 0 Å². The number of benzene rings is 5. The minimum Gasteiger partial charge on any atom is -0.488 e. The molecule has 5 aromatic carbocycles. The van der Waals surface area contributed by atoms with Crippen LogP contribution in [0.3, 0.4) is 0 Å². The lowest BCUT2D eigenvalue weighted by Gasteiger charge is -2.22. The zero-order valence-corrected chi connectivity index (χ0v) is 22.1. The fourth-order valence-corrected chi connectivity index (χ4v) is 4.84. The molecule has 0 saturated heterocycles. The maximum Gasteiger partial charge on any atom is 0.120 e. The van der Waals surface area contributed by atoms with Gasteiger partial charge >= 0.3 is 0 Å². The molecule has 0 radical (unpaired) electrons. The predicted octanol–water partition coefficient (Wildman–Crippen LogP) is 9.68. The number of fused-ring (bicyclic) bond motifs is 2. The van der Waals surface area contributed by atoms with E-state index in [1.165, 1.54) is 43.8 Å². The van der Waals surface area contributed by atoms with E-state index >= 15 is 0 Å². The van der Waals surface area contributed by atoms with E-state index in [2.05, 4.69) is 139 Å². The highest BCUT2D eigenvalue weighted by Gasteiger charge is 2.18. The molecular weight excluding hydrogens is 440 g/mol. The van der Waals surface area contributed by atoms with Crippen LogP contribution in [-0.4, -0.2) is 11.2 Å². The molecule has 0 unspecified atom stereocenters. The van der Waals surface area contributed by atoms with Gasteiger partial charge in [-0.15, -0.1) is 0 Å². The van der Waals surface area contributed by atoms with Crippen LogP contribution in [0.15, 0.2) is 97.1 Å². The van der Waals surface area contributed by atoms with Gasteiger partial charge in [0.1, 0.15) is 22.7 Å². The summed E-state index contributed by atoms with van der Waals surface area (Å²) in [5.41, 5.74) is 4.42. The Hall–Kier alpha value is -3.78. The van der Waals surface area contributed by atoms with Crippen molar-refractivity contribution in [2.24, 2.45) is 0 Å². The Kier molecular flexibility index (Phi) is 6.00. The van der Waals surface area contributed by atoms with Crippen molar-refractivity contribution in [3.05, 3.63) is 97.1 Å². The summed E-state index contributed by atoms with van der Waals surface area (Å²) in [5.74, 6) is 1.77. The molecule has 0 fully saturated rings. The molecule has 0 N–H and O–H groups in total. The van der Waals surface area contributed by atoms with Crippen molar-refractivity contribution in [3.8, 4) is 33.8 Å². The number of ether oxygens (including phenoxy) is 2. The topological polar surface area (TPSA) is 18.5 Å². The first kappa shape index (κ1) is 23.9. The standard InChI is InChI=1S/C34H34O2/c1-33(2,3)35-25-19-15-23(16-20-25)31-27-11-7-9-13-29(27)32(30-14-10-8-12-28(30)31)24-17-21-26(22-18-24)36-34(4,5)6/h7-22H,1-6H3. The van der Waals surface area contributed by atoms with Crippen molar-refractivity contribution >= 4 is 21.5 Å². The molecule has 0 aliphatic heterocycles. The maximum absolute atomic E-state index is 6.07. The lowest BCUT2D eigenvalue weighted by atomic mass is 9.86. The van der Waals surface area contributed by atoms with E-state index < -0.39 is 0 Å². The summed E-state index contributed by atoms with van der Waals surface area (Å²) in [6, 6.07) is 34.4. The largest absolute Gasteiger partial charge is 0.488 e. The minimum absolute atomic E-state index is 0.226. The van der Waals surface area contributed by atoms with E-state index in [-0.39, 0.29) is 11.2 Å². The van der Waals surface area contributed by atoms with E-state index in [9.17, 15) is 0 Å². The number of hydrogen-bond donors (Lipinski definition) is 0. The van der Waals surface area contributed by atoms with Crippen LogP contribution < -0.4 is 9.47 Å². The smallest absolute Gasteiger partial charge is 0.120 e. The summed E-state index contributed by atoms with van der Waals surface area (Å²) >= 11 is 0. The Morgan fingerprint density at radius 2 is 0.667 bits per heavy atom. The van der Waals surface area contributed by atoms with Crippen LogP contribution in [0.25, 0.3) is 43.8 Å². The van der Waals surface area contributed by atoms with Crippen molar-refractivity contribution in [3.63, 3.8) is 0 Å². The molecule has 0 saturated carbocycles. The summed E-state index contributed by atoms with van der Waals surface area (Å²) in [6.07, 6.45) is 0. The Morgan fingerprint density at radius 1 is 0.389 bits per heavy atom. The lowest BCUT2D eigenvalue weighted by molar-refractivity contribution is 0.130. The van der Waals surface area contributed by atoms with E-state index in [4.69, 9.17) is 9.47 Å². The second-order valence-electron chi connectivity index (χ2n) is 11.3. The van der Waals surface area contributed by atoms with Gasteiger partial charge in [0.2, 0.25) is 0 Å². The summed E-state index contributed by atoms with van der Waals surface area (Å²) < 4.78 is 12.1. The van der Waals surface area contributed by atoms with Crippen LogP contribution >= 0.6 is 0 Å². The molecule has 0 aliphatic rings. The summed E-state index contributed by atoms with van der Waals surface area (Å²) in [7, 11) is 0. The van der Waals surface area contributed by atoms with Crippen molar-refractivity contribution < 1.29 is 9.47 Å². The van der Waals surface area contributed by atoms with Crippen molar-refractivity contribution in [2.45, 2.75) is 52.7 Å². The first-order chi connectivity index (χ1) is 17.1. The highest BCUT2D eigenvalue weighted by Crippen LogP contribution is 2.44. The van der Waals surface area contributed by atoms with Gasteiger partial charge < -0.3 is 9.47 Å². The molecular formula is C34H34O2. The minimum atomic E-state index is -0.226. The molecule has 2 nitrogen and oxygen atoms in total. The lowest BCUT2D eigenvalue weighted by Crippen LogP contribution is -2.22. The van der Waals surface area contributed by atoms with Crippen LogP contribution in [0.1, 0.15) is 41.5 Å². The van der Waals surface area contributed by atoms with Gasteiger partial charge in [-0.05, 0) is 110 Å². The highest BCUT2D eigenvalue weighted by molar-refractivity contribution is 6.21. The zero-order chi connectivity index (χ0) is 25.5.